The summed E-state index contributed by atoms with van der Waals surface area (Å²) in [6, 6.07) is 8.96. The fraction of sp³-hybridized carbons (Fsp3) is 0. The van der Waals surface area contributed by atoms with Gasteiger partial charge in [-0.2, -0.15) is 4.68 Å². The zero-order valence-electron chi connectivity index (χ0n) is 18.0. The van der Waals surface area contributed by atoms with Crippen molar-refractivity contribution in [1.82, 2.24) is 30.3 Å². The highest BCUT2D eigenvalue weighted by molar-refractivity contribution is 6.00. The van der Waals surface area contributed by atoms with E-state index in [1.807, 2.05) is 0 Å². The van der Waals surface area contributed by atoms with E-state index < -0.39 is 27.3 Å². The van der Waals surface area contributed by atoms with Crippen molar-refractivity contribution in [1.29, 1.82) is 0 Å². The van der Waals surface area contributed by atoms with Crippen molar-refractivity contribution in [3.05, 3.63) is 68.4 Å². The smallest absolute Gasteiger partial charge is 0.318 e. The maximum atomic E-state index is 13.0. The molecule has 18 heteroatoms. The van der Waals surface area contributed by atoms with Crippen LogP contribution in [-0.4, -0.2) is 51.2 Å². The Morgan fingerprint density at radius 3 is 2.57 bits per heavy atom. The third-order valence-electron chi connectivity index (χ3n) is 5.09. The highest BCUT2D eigenvalue weighted by Crippen LogP contribution is 2.37. The zero-order chi connectivity index (χ0) is 26.3. The first-order chi connectivity index (χ1) is 17.7. The number of nitrogens with zero attached hydrogens (tertiary/aromatic N) is 9. The molecule has 1 amide bonds. The van der Waals surface area contributed by atoms with Gasteiger partial charge in [-0.3, -0.25) is 25.0 Å². The summed E-state index contributed by atoms with van der Waals surface area (Å²) in [5.74, 6) is -1.91. The highest BCUT2D eigenvalue weighted by atomic mass is 16.6. The van der Waals surface area contributed by atoms with E-state index in [1.165, 1.54) is 30.3 Å². The van der Waals surface area contributed by atoms with Crippen LogP contribution in [0.25, 0.3) is 28.0 Å². The summed E-state index contributed by atoms with van der Waals surface area (Å²) in [4.78, 5) is 36.7. The summed E-state index contributed by atoms with van der Waals surface area (Å²) in [6.07, 6.45) is 0. The summed E-state index contributed by atoms with van der Waals surface area (Å²) in [7, 11) is 0. The lowest BCUT2D eigenvalue weighted by molar-refractivity contribution is -0.384. The Hall–Kier alpha value is -6.07. The largest absolute Gasteiger partial charge is 0.493 e. The van der Waals surface area contributed by atoms with Gasteiger partial charge in [-0.25, -0.2) is 4.63 Å². The number of nitrogens with two attached hydrogens (primary N) is 1. The van der Waals surface area contributed by atoms with Crippen LogP contribution in [0.15, 0.2) is 57.3 Å². The van der Waals surface area contributed by atoms with Crippen molar-refractivity contribution in [3.8, 4) is 23.0 Å². The van der Waals surface area contributed by atoms with Crippen LogP contribution in [0.1, 0.15) is 10.5 Å². The van der Waals surface area contributed by atoms with Gasteiger partial charge in [0.25, 0.3) is 11.4 Å². The topological polar surface area (TPSA) is 260 Å². The minimum Gasteiger partial charge on any atom is -0.493 e. The summed E-state index contributed by atoms with van der Waals surface area (Å²) >= 11 is 0. The quantitative estimate of drug-likeness (QED) is 0.171. The fourth-order valence-corrected chi connectivity index (χ4v) is 3.45. The van der Waals surface area contributed by atoms with Gasteiger partial charge in [-0.05, 0) is 16.4 Å². The van der Waals surface area contributed by atoms with E-state index in [9.17, 15) is 30.1 Å². The normalized spacial score (nSPS) is 11.4. The van der Waals surface area contributed by atoms with E-state index in [0.29, 0.717) is 5.52 Å². The van der Waals surface area contributed by atoms with E-state index in [1.54, 1.807) is 0 Å². The molecular weight excluding hydrogens is 494 g/mol. The lowest BCUT2D eigenvalue weighted by Crippen LogP contribution is -2.05. The molecule has 0 aliphatic carbocycles. The number of azo groups is 1. The molecule has 0 atom stereocenters. The average molecular weight is 505 g/mol. The molecule has 0 spiro atoms. The molecular formula is C19H11N11O7. The van der Waals surface area contributed by atoms with E-state index >= 15 is 0 Å². The number of hydrogen-bond acceptors (Lipinski definition) is 13. The molecule has 4 N–H and O–H groups in total. The number of non-ortho nitro benzene ring substituents is 2. The van der Waals surface area contributed by atoms with Crippen LogP contribution in [0.2, 0.25) is 0 Å². The Labute approximate surface area is 202 Å². The van der Waals surface area contributed by atoms with Crippen LogP contribution in [0.3, 0.4) is 0 Å². The SMILES string of the molecule is Nc1nonc1-n1nnc(C(=O)N=Nc2c(O)[nH]c3ccc([N+](=O)[O-])cc23)c1-c1cccc([N+](=O)[O-])c1. The number of aromatic amines is 1. The van der Waals surface area contributed by atoms with Crippen LogP contribution in [0.5, 0.6) is 5.88 Å². The standard InChI is InChI=1S/C19H11N11O7/c20-16-17(26-37-25-16)28-15(8-2-1-3-9(6-8)29(33)34)14(23-27-28)19(32)24-22-13-11-7-10(30(35)36)4-5-12(11)21-18(13)31/h1-7,21,31H,(H2,20,25). The number of aromatic nitrogens is 6. The van der Waals surface area contributed by atoms with Crippen molar-refractivity contribution in [2.24, 2.45) is 10.2 Å². The summed E-state index contributed by atoms with van der Waals surface area (Å²) in [5.41, 5.74) is 4.88. The Kier molecular flexibility index (Phi) is 5.29. The Balaban J connectivity index is 1.61. The molecule has 0 radical (unpaired) electrons. The molecule has 0 fully saturated rings. The van der Waals surface area contributed by atoms with Crippen molar-refractivity contribution < 1.29 is 24.4 Å². The van der Waals surface area contributed by atoms with E-state index in [0.717, 1.165) is 16.8 Å². The number of carbonyl (C=O) groups is 1. The fourth-order valence-electron chi connectivity index (χ4n) is 3.45. The molecule has 0 unspecified atom stereocenters. The molecule has 3 aromatic heterocycles. The number of fused-ring (bicyclic) bond motifs is 1. The Bertz CT molecular complexity index is 1750. The molecule has 5 aromatic rings. The van der Waals surface area contributed by atoms with Crippen molar-refractivity contribution in [3.63, 3.8) is 0 Å². The second-order valence-corrected chi connectivity index (χ2v) is 7.29. The highest BCUT2D eigenvalue weighted by Gasteiger charge is 2.26. The van der Waals surface area contributed by atoms with E-state index in [-0.39, 0.29) is 45.3 Å². The third kappa shape index (κ3) is 3.95. The molecule has 0 saturated carbocycles. The van der Waals surface area contributed by atoms with Gasteiger partial charge in [-0.1, -0.05) is 17.3 Å². The lowest BCUT2D eigenvalue weighted by atomic mass is 10.1. The van der Waals surface area contributed by atoms with Gasteiger partial charge in [0.15, 0.2) is 11.4 Å². The molecule has 3 heterocycles. The number of rotatable bonds is 6. The van der Waals surface area contributed by atoms with Gasteiger partial charge in [0.1, 0.15) is 5.69 Å². The Morgan fingerprint density at radius 2 is 1.86 bits per heavy atom. The number of benzene rings is 2. The first-order valence-electron chi connectivity index (χ1n) is 9.98. The number of nitro groups is 2. The predicted molar refractivity (Wildman–Crippen MR) is 121 cm³/mol. The van der Waals surface area contributed by atoms with Gasteiger partial charge in [-0.15, -0.1) is 15.3 Å². The number of nitrogen functional groups attached to an aromatic ring is 1. The molecule has 0 saturated heterocycles. The minimum absolute atomic E-state index is 0.0890. The van der Waals surface area contributed by atoms with Gasteiger partial charge in [0.2, 0.25) is 17.5 Å². The predicted octanol–water partition coefficient (Wildman–Crippen LogP) is 2.83. The van der Waals surface area contributed by atoms with Crippen LogP contribution in [0.4, 0.5) is 22.9 Å². The van der Waals surface area contributed by atoms with E-state index in [2.05, 4.69) is 40.5 Å². The molecule has 18 nitrogen and oxygen atoms in total. The molecule has 2 aromatic carbocycles. The van der Waals surface area contributed by atoms with E-state index in [4.69, 9.17) is 5.73 Å². The van der Waals surface area contributed by atoms with Gasteiger partial charge >= 0.3 is 5.91 Å². The summed E-state index contributed by atoms with van der Waals surface area (Å²) in [5, 5.41) is 54.8. The monoisotopic (exact) mass is 505 g/mol. The second-order valence-electron chi connectivity index (χ2n) is 7.29. The maximum absolute atomic E-state index is 13.0. The Morgan fingerprint density at radius 1 is 1.11 bits per heavy atom. The number of carbonyl (C=O) groups excluding carboxylic acids is 1. The van der Waals surface area contributed by atoms with Crippen molar-refractivity contribution in [2.75, 3.05) is 5.73 Å². The number of aromatic hydroxyl groups is 1. The maximum Gasteiger partial charge on any atom is 0.318 e. The van der Waals surface area contributed by atoms with Gasteiger partial charge in [0, 0.05) is 35.2 Å². The second kappa shape index (κ2) is 8.61. The number of H-pyrrole nitrogens is 1. The van der Waals surface area contributed by atoms with Crippen LogP contribution >= 0.6 is 0 Å². The van der Waals surface area contributed by atoms with Crippen molar-refractivity contribution >= 4 is 39.7 Å². The molecule has 0 aliphatic heterocycles. The zero-order valence-corrected chi connectivity index (χ0v) is 18.0. The summed E-state index contributed by atoms with van der Waals surface area (Å²) < 4.78 is 5.56. The molecule has 37 heavy (non-hydrogen) atoms. The number of nitrogens with one attached hydrogen (secondary N) is 1. The molecule has 184 valence electrons. The lowest BCUT2D eigenvalue weighted by Gasteiger charge is -2.04. The first kappa shape index (κ1) is 22.7. The molecule has 5 rings (SSSR count). The van der Waals surface area contributed by atoms with Crippen LogP contribution in [-0.2, 0) is 0 Å². The van der Waals surface area contributed by atoms with Crippen molar-refractivity contribution in [2.45, 2.75) is 0 Å². The number of nitro benzene ring substituents is 2. The van der Waals surface area contributed by atoms with Crippen LogP contribution < -0.4 is 5.73 Å². The van der Waals surface area contributed by atoms with Gasteiger partial charge in [0.05, 0.1) is 15.4 Å². The number of anilines is 1. The average Bonchev–Trinajstić information content (AvgIpc) is 3.58. The first-order valence-corrected chi connectivity index (χ1v) is 9.98. The molecule has 0 aliphatic rings. The van der Waals surface area contributed by atoms with Gasteiger partial charge < -0.3 is 15.8 Å². The number of hydrogen-bond donors (Lipinski definition) is 3. The van der Waals surface area contributed by atoms with Crippen LogP contribution in [0, 0.1) is 20.2 Å². The third-order valence-corrected chi connectivity index (χ3v) is 5.09. The molecule has 0 bridgehead atoms. The number of amides is 1. The summed E-state index contributed by atoms with van der Waals surface area (Å²) in [6.45, 7) is 0. The minimum atomic E-state index is -1.07.